The van der Waals surface area contributed by atoms with Gasteiger partial charge in [0.1, 0.15) is 5.82 Å². The van der Waals surface area contributed by atoms with Crippen molar-refractivity contribution in [2.24, 2.45) is 5.92 Å². The molecule has 1 rings (SSSR count). The molecule has 120 valence electrons. The van der Waals surface area contributed by atoms with Crippen LogP contribution in [-0.4, -0.2) is 28.8 Å². The van der Waals surface area contributed by atoms with Crippen LogP contribution in [0.3, 0.4) is 0 Å². The molecule has 0 radical (unpaired) electrons. The number of aryl methyl sites for hydroxylation is 2. The van der Waals surface area contributed by atoms with E-state index in [9.17, 15) is 0 Å². The zero-order chi connectivity index (χ0) is 15.8. The lowest BCUT2D eigenvalue weighted by Gasteiger charge is -2.18. The second-order valence-corrected chi connectivity index (χ2v) is 7.27. The van der Waals surface area contributed by atoms with Crippen LogP contribution in [-0.2, 0) is 5.75 Å². The van der Waals surface area contributed by atoms with Gasteiger partial charge < -0.3 is 5.32 Å². The van der Waals surface area contributed by atoms with Gasteiger partial charge in [-0.25, -0.2) is 9.97 Å². The van der Waals surface area contributed by atoms with Crippen molar-refractivity contribution >= 4 is 11.8 Å². The van der Waals surface area contributed by atoms with E-state index >= 15 is 0 Å². The van der Waals surface area contributed by atoms with Crippen LogP contribution < -0.4 is 5.32 Å². The average Bonchev–Trinajstić information content (AvgIpc) is 2.37. The third-order valence-electron chi connectivity index (χ3n) is 3.43. The van der Waals surface area contributed by atoms with Gasteiger partial charge >= 0.3 is 0 Å². The third kappa shape index (κ3) is 6.35. The molecule has 0 amide bonds. The average molecular weight is 310 g/mol. The summed E-state index contributed by atoms with van der Waals surface area (Å²) in [7, 11) is 0. The zero-order valence-corrected chi connectivity index (χ0v) is 15.3. The van der Waals surface area contributed by atoms with Crippen LogP contribution in [0.5, 0.6) is 0 Å². The minimum Gasteiger partial charge on any atom is -0.316 e. The van der Waals surface area contributed by atoms with Gasteiger partial charge in [-0.05, 0) is 50.0 Å². The van der Waals surface area contributed by atoms with E-state index in [4.69, 9.17) is 9.97 Å². The molecular formula is C17H31N3S. The number of aromatic nitrogens is 2. The monoisotopic (exact) mass is 309 g/mol. The number of hydrogen-bond acceptors (Lipinski definition) is 4. The van der Waals surface area contributed by atoms with Gasteiger partial charge in [0.15, 0.2) is 0 Å². The fourth-order valence-electron chi connectivity index (χ4n) is 2.56. The van der Waals surface area contributed by atoms with Gasteiger partial charge in [-0.2, -0.15) is 11.8 Å². The van der Waals surface area contributed by atoms with Crippen LogP contribution in [0.1, 0.15) is 62.8 Å². The molecule has 1 atom stereocenters. The Labute approximate surface area is 134 Å². The SMILES string of the molecule is CCCNCC(C)c1c(C)nc(CSCC(C)C)nc1C. The van der Waals surface area contributed by atoms with Gasteiger partial charge in [-0.15, -0.1) is 0 Å². The summed E-state index contributed by atoms with van der Waals surface area (Å²) in [6.07, 6.45) is 1.17. The van der Waals surface area contributed by atoms with Crippen molar-refractivity contribution < 1.29 is 0 Å². The first-order valence-corrected chi connectivity index (χ1v) is 9.23. The molecule has 0 saturated heterocycles. The Hall–Kier alpha value is -0.610. The molecule has 0 aliphatic rings. The first kappa shape index (κ1) is 18.4. The summed E-state index contributed by atoms with van der Waals surface area (Å²) < 4.78 is 0. The van der Waals surface area contributed by atoms with Gasteiger partial charge in [0.2, 0.25) is 0 Å². The normalized spacial score (nSPS) is 12.9. The highest BCUT2D eigenvalue weighted by molar-refractivity contribution is 7.98. The lowest BCUT2D eigenvalue weighted by molar-refractivity contribution is 0.600. The van der Waals surface area contributed by atoms with E-state index in [0.717, 1.165) is 42.0 Å². The van der Waals surface area contributed by atoms with Crippen molar-refractivity contribution in [1.82, 2.24) is 15.3 Å². The molecule has 0 aromatic carbocycles. The highest BCUT2D eigenvalue weighted by Crippen LogP contribution is 2.22. The Morgan fingerprint density at radius 3 is 2.24 bits per heavy atom. The van der Waals surface area contributed by atoms with E-state index in [1.54, 1.807) is 0 Å². The molecule has 0 spiro atoms. The Balaban J connectivity index is 2.70. The van der Waals surface area contributed by atoms with Crippen LogP contribution in [0.15, 0.2) is 0 Å². The smallest absolute Gasteiger partial charge is 0.138 e. The Morgan fingerprint density at radius 2 is 1.71 bits per heavy atom. The molecule has 1 aromatic heterocycles. The largest absolute Gasteiger partial charge is 0.316 e. The van der Waals surface area contributed by atoms with Gasteiger partial charge in [0.05, 0.1) is 5.75 Å². The minimum atomic E-state index is 0.467. The second kappa shape index (κ2) is 9.42. The molecule has 1 N–H and O–H groups in total. The summed E-state index contributed by atoms with van der Waals surface area (Å²) in [5.74, 6) is 4.26. The molecule has 3 nitrogen and oxygen atoms in total. The van der Waals surface area contributed by atoms with Gasteiger partial charge in [0, 0.05) is 17.9 Å². The van der Waals surface area contributed by atoms with Crippen molar-refractivity contribution in [3.8, 4) is 0 Å². The van der Waals surface area contributed by atoms with E-state index in [0.29, 0.717) is 5.92 Å². The fourth-order valence-corrected chi connectivity index (χ4v) is 3.46. The molecule has 0 bridgehead atoms. The summed E-state index contributed by atoms with van der Waals surface area (Å²) >= 11 is 1.93. The zero-order valence-electron chi connectivity index (χ0n) is 14.5. The van der Waals surface area contributed by atoms with Crippen LogP contribution in [0, 0.1) is 19.8 Å². The van der Waals surface area contributed by atoms with E-state index in [-0.39, 0.29) is 0 Å². The first-order valence-electron chi connectivity index (χ1n) is 8.08. The molecule has 1 aromatic rings. The summed E-state index contributed by atoms with van der Waals surface area (Å²) in [5, 5.41) is 3.49. The van der Waals surface area contributed by atoms with Crippen molar-refractivity contribution in [2.45, 2.75) is 59.6 Å². The summed E-state index contributed by atoms with van der Waals surface area (Å²) in [6, 6.07) is 0. The van der Waals surface area contributed by atoms with E-state index in [2.05, 4.69) is 46.9 Å². The predicted octanol–water partition coefficient (Wildman–Crippen LogP) is 4.09. The van der Waals surface area contributed by atoms with Crippen LogP contribution in [0.2, 0.25) is 0 Å². The molecule has 0 fully saturated rings. The first-order chi connectivity index (χ1) is 9.95. The van der Waals surface area contributed by atoms with E-state index < -0.39 is 0 Å². The maximum absolute atomic E-state index is 4.72. The Kier molecular flexibility index (Phi) is 8.27. The molecule has 0 aliphatic carbocycles. The number of rotatable bonds is 9. The highest BCUT2D eigenvalue weighted by Gasteiger charge is 2.15. The second-order valence-electron chi connectivity index (χ2n) is 6.24. The number of thioether (sulfide) groups is 1. The summed E-state index contributed by atoms with van der Waals surface area (Å²) in [4.78, 5) is 9.44. The predicted molar refractivity (Wildman–Crippen MR) is 94.1 cm³/mol. The molecule has 1 heterocycles. The number of nitrogens with zero attached hydrogens (tertiary/aromatic N) is 2. The standard InChI is InChI=1S/C17H31N3S/c1-7-8-18-9-13(4)17-14(5)19-16(20-15(17)6)11-21-10-12(2)3/h12-13,18H,7-11H2,1-6H3. The fraction of sp³-hybridized carbons (Fsp3) is 0.765. The maximum Gasteiger partial charge on any atom is 0.138 e. The van der Waals surface area contributed by atoms with E-state index in [1.807, 2.05) is 11.8 Å². The minimum absolute atomic E-state index is 0.467. The number of nitrogens with one attached hydrogen (secondary N) is 1. The molecule has 21 heavy (non-hydrogen) atoms. The lowest BCUT2D eigenvalue weighted by Crippen LogP contribution is -2.22. The highest BCUT2D eigenvalue weighted by atomic mass is 32.2. The van der Waals surface area contributed by atoms with Crippen molar-refractivity contribution in [1.29, 1.82) is 0 Å². The molecule has 0 aliphatic heterocycles. The molecule has 1 unspecified atom stereocenters. The van der Waals surface area contributed by atoms with Crippen LogP contribution in [0.4, 0.5) is 0 Å². The Morgan fingerprint density at radius 1 is 1.10 bits per heavy atom. The van der Waals surface area contributed by atoms with Gasteiger partial charge in [0.25, 0.3) is 0 Å². The van der Waals surface area contributed by atoms with E-state index in [1.165, 1.54) is 17.7 Å². The lowest BCUT2D eigenvalue weighted by atomic mass is 9.98. The van der Waals surface area contributed by atoms with Crippen molar-refractivity contribution in [2.75, 3.05) is 18.8 Å². The molecule has 4 heteroatoms. The van der Waals surface area contributed by atoms with Gasteiger partial charge in [-0.3, -0.25) is 0 Å². The molecule has 0 saturated carbocycles. The van der Waals surface area contributed by atoms with Gasteiger partial charge in [-0.1, -0.05) is 27.7 Å². The van der Waals surface area contributed by atoms with Crippen molar-refractivity contribution in [3.05, 3.63) is 22.8 Å². The summed E-state index contributed by atoms with van der Waals surface area (Å²) in [5.41, 5.74) is 3.61. The number of hydrogen-bond donors (Lipinski definition) is 1. The van der Waals surface area contributed by atoms with Crippen molar-refractivity contribution in [3.63, 3.8) is 0 Å². The Bertz CT molecular complexity index is 409. The third-order valence-corrected chi connectivity index (χ3v) is 4.79. The quantitative estimate of drug-likeness (QED) is 0.697. The molecular weight excluding hydrogens is 278 g/mol. The van der Waals surface area contributed by atoms with Crippen LogP contribution in [0.25, 0.3) is 0 Å². The van der Waals surface area contributed by atoms with Crippen LogP contribution >= 0.6 is 11.8 Å². The topological polar surface area (TPSA) is 37.8 Å². The summed E-state index contributed by atoms with van der Waals surface area (Å²) in [6.45, 7) is 15.3. The maximum atomic E-state index is 4.72.